The molecule has 24 heavy (non-hydrogen) atoms. The van der Waals surface area contributed by atoms with Gasteiger partial charge in [-0.2, -0.15) is 0 Å². The summed E-state index contributed by atoms with van der Waals surface area (Å²) < 4.78 is 5.04. The number of benzene rings is 2. The van der Waals surface area contributed by atoms with Gasteiger partial charge in [-0.15, -0.1) is 0 Å². The van der Waals surface area contributed by atoms with E-state index < -0.39 is 6.09 Å². The van der Waals surface area contributed by atoms with E-state index in [4.69, 9.17) is 4.74 Å². The van der Waals surface area contributed by atoms with Gasteiger partial charge in [0.25, 0.3) is 0 Å². The molecule has 0 fully saturated rings. The third-order valence-electron chi connectivity index (χ3n) is 3.13. The fourth-order valence-electron chi connectivity index (χ4n) is 1.95. The number of nitrogens with one attached hydrogen (secondary N) is 1. The zero-order chi connectivity index (χ0) is 17.2. The van der Waals surface area contributed by atoms with Crippen molar-refractivity contribution in [1.82, 2.24) is 5.32 Å². The first-order chi connectivity index (χ1) is 11.7. The van der Waals surface area contributed by atoms with Crippen molar-refractivity contribution in [3.63, 3.8) is 0 Å². The Balaban J connectivity index is 1.89. The molecule has 2 aromatic carbocycles. The summed E-state index contributed by atoms with van der Waals surface area (Å²) in [6.07, 6.45) is 0.685. The predicted octanol–water partition coefficient (Wildman–Crippen LogP) is 2.59. The van der Waals surface area contributed by atoms with Gasteiger partial charge in [0, 0.05) is 16.7 Å². The minimum absolute atomic E-state index is 0.0408. The molecule has 0 saturated carbocycles. The normalized spacial score (nSPS) is 9.33. The number of rotatable bonds is 5. The average Bonchev–Trinajstić information content (AvgIpc) is 2.64. The van der Waals surface area contributed by atoms with Gasteiger partial charge in [-0.05, 0) is 5.56 Å². The maximum Gasteiger partial charge on any atom is 0.408 e. The van der Waals surface area contributed by atoms with Crippen LogP contribution in [-0.2, 0) is 11.3 Å². The Kier molecular flexibility index (Phi) is 6.30. The summed E-state index contributed by atoms with van der Waals surface area (Å²) >= 11 is 0. The van der Waals surface area contributed by atoms with Gasteiger partial charge < -0.3 is 10.1 Å². The van der Waals surface area contributed by atoms with E-state index in [2.05, 4.69) is 17.2 Å². The van der Waals surface area contributed by atoms with Crippen LogP contribution >= 0.6 is 0 Å². The summed E-state index contributed by atoms with van der Waals surface area (Å²) in [5.74, 6) is 5.43. The van der Waals surface area contributed by atoms with E-state index >= 15 is 0 Å². The van der Waals surface area contributed by atoms with Gasteiger partial charge in [-0.1, -0.05) is 60.4 Å². The molecule has 0 bridgehead atoms. The van der Waals surface area contributed by atoms with Crippen molar-refractivity contribution in [2.45, 2.75) is 6.61 Å². The van der Waals surface area contributed by atoms with Crippen LogP contribution in [0.5, 0.6) is 0 Å². The summed E-state index contributed by atoms with van der Waals surface area (Å²) in [4.78, 5) is 33.5. The standard InChI is InChI=1S/C19H15NO4/c21-12-16-8-4-9-17(13-22)18(16)10-5-11-20-19(23)24-14-15-6-2-1-3-7-15/h1-4,6-9,12-13H,11,14H2,(H,20,23). The van der Waals surface area contributed by atoms with E-state index in [9.17, 15) is 14.4 Å². The van der Waals surface area contributed by atoms with Crippen LogP contribution in [0, 0.1) is 11.8 Å². The average molecular weight is 321 g/mol. The molecule has 0 aromatic heterocycles. The van der Waals surface area contributed by atoms with Crippen LogP contribution < -0.4 is 5.32 Å². The maximum absolute atomic E-state index is 11.6. The summed E-state index contributed by atoms with van der Waals surface area (Å²) in [6, 6.07) is 14.1. The van der Waals surface area contributed by atoms with Gasteiger partial charge in [-0.25, -0.2) is 4.79 Å². The minimum atomic E-state index is -0.590. The largest absolute Gasteiger partial charge is 0.445 e. The van der Waals surface area contributed by atoms with Crippen molar-refractivity contribution in [3.05, 3.63) is 70.8 Å². The zero-order valence-electron chi connectivity index (χ0n) is 12.8. The molecule has 1 N–H and O–H groups in total. The lowest BCUT2D eigenvalue weighted by Crippen LogP contribution is -2.24. The number of hydrogen-bond acceptors (Lipinski definition) is 4. The predicted molar refractivity (Wildman–Crippen MR) is 88.7 cm³/mol. The number of aldehydes is 2. The number of alkyl carbamates (subject to hydrolysis) is 1. The molecule has 2 aromatic rings. The molecule has 0 saturated heterocycles. The smallest absolute Gasteiger partial charge is 0.408 e. The van der Waals surface area contributed by atoms with Gasteiger partial charge in [0.2, 0.25) is 0 Å². The van der Waals surface area contributed by atoms with Gasteiger partial charge in [-0.3, -0.25) is 9.59 Å². The lowest BCUT2D eigenvalue weighted by atomic mass is 10.0. The first kappa shape index (κ1) is 17.0. The topological polar surface area (TPSA) is 72.5 Å². The van der Waals surface area contributed by atoms with Gasteiger partial charge in [0.1, 0.15) is 6.61 Å². The molecule has 0 spiro atoms. The Morgan fingerprint density at radius 1 is 1.00 bits per heavy atom. The zero-order valence-corrected chi connectivity index (χ0v) is 12.8. The molecule has 1 amide bonds. The first-order valence-electron chi connectivity index (χ1n) is 7.21. The summed E-state index contributed by atoms with van der Waals surface area (Å²) in [7, 11) is 0. The second-order valence-electron chi connectivity index (χ2n) is 4.76. The minimum Gasteiger partial charge on any atom is -0.445 e. The molecular weight excluding hydrogens is 306 g/mol. The van der Waals surface area contributed by atoms with Crippen LogP contribution in [0.25, 0.3) is 0 Å². The van der Waals surface area contributed by atoms with Crippen LogP contribution in [0.1, 0.15) is 31.8 Å². The number of ether oxygens (including phenoxy) is 1. The SMILES string of the molecule is O=Cc1cccc(C=O)c1C#CCNC(=O)OCc1ccccc1. The Bertz CT molecular complexity index is 762. The van der Waals surface area contributed by atoms with E-state index in [1.807, 2.05) is 30.3 Å². The third kappa shape index (κ3) is 4.82. The lowest BCUT2D eigenvalue weighted by molar-refractivity contribution is 0.112. The molecule has 5 nitrogen and oxygen atoms in total. The molecule has 2 rings (SSSR count). The Morgan fingerprint density at radius 3 is 2.29 bits per heavy atom. The molecule has 0 aliphatic carbocycles. The highest BCUT2D eigenvalue weighted by Gasteiger charge is 2.04. The van der Waals surface area contributed by atoms with E-state index in [0.717, 1.165) is 5.56 Å². The molecule has 5 heteroatoms. The van der Waals surface area contributed by atoms with Crippen LogP contribution in [-0.4, -0.2) is 25.2 Å². The molecule has 0 radical (unpaired) electrons. The fourth-order valence-corrected chi connectivity index (χ4v) is 1.95. The molecule has 0 heterocycles. The highest BCUT2D eigenvalue weighted by molar-refractivity contribution is 5.88. The van der Waals surface area contributed by atoms with E-state index in [0.29, 0.717) is 29.3 Å². The van der Waals surface area contributed by atoms with Gasteiger partial charge in [0.05, 0.1) is 6.54 Å². The highest BCUT2D eigenvalue weighted by atomic mass is 16.5. The molecule has 0 aliphatic heterocycles. The molecule has 0 atom stereocenters. The number of hydrogen-bond donors (Lipinski definition) is 1. The molecule has 0 unspecified atom stereocenters. The Hall–Kier alpha value is -3.39. The third-order valence-corrected chi connectivity index (χ3v) is 3.13. The number of carbonyl (C=O) groups excluding carboxylic acids is 3. The van der Waals surface area contributed by atoms with Crippen molar-refractivity contribution < 1.29 is 19.1 Å². The monoisotopic (exact) mass is 321 g/mol. The molecular formula is C19H15NO4. The highest BCUT2D eigenvalue weighted by Crippen LogP contribution is 2.10. The second kappa shape index (κ2) is 8.91. The van der Waals surface area contributed by atoms with Gasteiger partial charge in [0.15, 0.2) is 12.6 Å². The van der Waals surface area contributed by atoms with E-state index in [1.54, 1.807) is 18.2 Å². The number of amides is 1. The van der Waals surface area contributed by atoms with Crippen LogP contribution in [0.4, 0.5) is 4.79 Å². The maximum atomic E-state index is 11.6. The van der Waals surface area contributed by atoms with Gasteiger partial charge >= 0.3 is 6.09 Å². The second-order valence-corrected chi connectivity index (χ2v) is 4.76. The summed E-state index contributed by atoms with van der Waals surface area (Å²) in [5, 5.41) is 2.49. The summed E-state index contributed by atoms with van der Waals surface area (Å²) in [5.41, 5.74) is 1.90. The van der Waals surface area contributed by atoms with Crippen LogP contribution in [0.2, 0.25) is 0 Å². The van der Waals surface area contributed by atoms with Crippen molar-refractivity contribution in [3.8, 4) is 11.8 Å². The fraction of sp³-hybridized carbons (Fsp3) is 0.105. The molecule has 120 valence electrons. The molecule has 0 aliphatic rings. The van der Waals surface area contributed by atoms with Crippen molar-refractivity contribution in [2.24, 2.45) is 0 Å². The van der Waals surface area contributed by atoms with Crippen molar-refractivity contribution >= 4 is 18.7 Å². The Labute approximate surface area is 139 Å². The van der Waals surface area contributed by atoms with Crippen molar-refractivity contribution in [2.75, 3.05) is 6.54 Å². The van der Waals surface area contributed by atoms with Crippen LogP contribution in [0.3, 0.4) is 0 Å². The van der Waals surface area contributed by atoms with Crippen molar-refractivity contribution in [1.29, 1.82) is 0 Å². The summed E-state index contributed by atoms with van der Waals surface area (Å²) in [6.45, 7) is 0.211. The number of carbonyl (C=O) groups is 3. The Morgan fingerprint density at radius 2 is 1.67 bits per heavy atom. The first-order valence-corrected chi connectivity index (χ1v) is 7.21. The lowest BCUT2D eigenvalue weighted by Gasteiger charge is -2.04. The quantitative estimate of drug-likeness (QED) is 0.678. The van der Waals surface area contributed by atoms with E-state index in [-0.39, 0.29) is 13.2 Å². The van der Waals surface area contributed by atoms with E-state index in [1.165, 1.54) is 0 Å². The van der Waals surface area contributed by atoms with Crippen LogP contribution in [0.15, 0.2) is 48.5 Å².